The summed E-state index contributed by atoms with van der Waals surface area (Å²) in [6, 6.07) is 14.8. The van der Waals surface area contributed by atoms with Crippen molar-refractivity contribution in [2.45, 2.75) is 26.3 Å². The Morgan fingerprint density at radius 2 is 2.12 bits per heavy atom. The van der Waals surface area contributed by atoms with Crippen LogP contribution >= 0.6 is 11.3 Å². The average Bonchev–Trinajstić information content (AvgIpc) is 3.04. The Kier molecular flexibility index (Phi) is 5.00. The van der Waals surface area contributed by atoms with Crippen molar-refractivity contribution in [2.24, 2.45) is 0 Å². The summed E-state index contributed by atoms with van der Waals surface area (Å²) in [5.74, 6) is 0.0988. The van der Waals surface area contributed by atoms with Gasteiger partial charge in [0.1, 0.15) is 0 Å². The largest absolute Gasteiger partial charge is 0.355 e. The van der Waals surface area contributed by atoms with Crippen molar-refractivity contribution in [3.8, 4) is 0 Å². The molecule has 1 aromatic heterocycles. The number of nitrogens with zero attached hydrogens (tertiary/aromatic N) is 2. The third kappa shape index (κ3) is 3.94. The van der Waals surface area contributed by atoms with Crippen LogP contribution in [0.25, 0.3) is 10.2 Å². The van der Waals surface area contributed by atoms with Gasteiger partial charge >= 0.3 is 0 Å². The van der Waals surface area contributed by atoms with E-state index >= 15 is 0 Å². The maximum atomic E-state index is 12.3. The molecule has 0 spiro atoms. The fourth-order valence-electron chi connectivity index (χ4n) is 3.47. The molecular weight excluding hydrogens is 342 g/mol. The molecule has 26 heavy (non-hydrogen) atoms. The number of carbonyl (C=O) groups excluding carboxylic acids is 1. The predicted octanol–water partition coefficient (Wildman–Crippen LogP) is 3.32. The summed E-state index contributed by atoms with van der Waals surface area (Å²) in [5.41, 5.74) is 5.13. The molecule has 0 radical (unpaired) electrons. The van der Waals surface area contributed by atoms with Crippen LogP contribution in [0.3, 0.4) is 0 Å². The molecule has 0 bridgehead atoms. The second kappa shape index (κ2) is 7.56. The van der Waals surface area contributed by atoms with Gasteiger partial charge in [-0.3, -0.25) is 9.69 Å². The number of fused-ring (bicyclic) bond motifs is 2. The number of hydrogen-bond acceptors (Lipinski definition) is 4. The lowest BCUT2D eigenvalue weighted by atomic mass is 9.98. The first-order valence-electron chi connectivity index (χ1n) is 9.09. The molecule has 0 atom stereocenters. The molecule has 4 nitrogen and oxygen atoms in total. The molecule has 0 aliphatic carbocycles. The molecule has 2 heterocycles. The van der Waals surface area contributed by atoms with Crippen molar-refractivity contribution in [1.82, 2.24) is 15.2 Å². The summed E-state index contributed by atoms with van der Waals surface area (Å²) >= 11 is 1.71. The van der Waals surface area contributed by atoms with Crippen LogP contribution in [0.5, 0.6) is 0 Å². The quantitative estimate of drug-likeness (QED) is 0.754. The number of hydrogen-bond donors (Lipinski definition) is 1. The molecular formula is C21H23N3OS. The van der Waals surface area contributed by atoms with Crippen molar-refractivity contribution in [2.75, 3.05) is 19.6 Å². The minimum absolute atomic E-state index is 0.0988. The number of aryl methyl sites for hydroxylation is 1. The first-order chi connectivity index (χ1) is 12.7. The highest BCUT2D eigenvalue weighted by atomic mass is 32.1. The molecule has 3 aromatic rings. The fraction of sp³-hybridized carbons (Fsp3) is 0.333. The Bertz CT molecular complexity index is 901. The van der Waals surface area contributed by atoms with Crippen LogP contribution in [0, 0.1) is 6.92 Å². The van der Waals surface area contributed by atoms with Gasteiger partial charge in [-0.25, -0.2) is 4.98 Å². The SMILES string of the molecule is Cc1ccc2c(c1)CCN(CC(=O)NCCc1nc3ccccc3s1)C2. The van der Waals surface area contributed by atoms with Crippen LogP contribution in [-0.4, -0.2) is 35.4 Å². The van der Waals surface area contributed by atoms with Gasteiger partial charge in [0, 0.05) is 26.1 Å². The Morgan fingerprint density at radius 1 is 1.23 bits per heavy atom. The van der Waals surface area contributed by atoms with Gasteiger partial charge in [0.15, 0.2) is 0 Å². The standard InChI is InChI=1S/C21H23N3OS/c1-15-6-7-17-13-24(11-9-16(17)12-15)14-20(25)22-10-8-21-23-18-4-2-3-5-19(18)26-21/h2-7,12H,8-11,13-14H2,1H3,(H,22,25). The summed E-state index contributed by atoms with van der Waals surface area (Å²) in [6.07, 6.45) is 1.81. The zero-order chi connectivity index (χ0) is 17.9. The van der Waals surface area contributed by atoms with Gasteiger partial charge in [0.25, 0.3) is 0 Å². The molecule has 0 fully saturated rings. The minimum Gasteiger partial charge on any atom is -0.355 e. The van der Waals surface area contributed by atoms with Crippen LogP contribution in [0.1, 0.15) is 21.7 Å². The average molecular weight is 366 g/mol. The Hall–Kier alpha value is -2.24. The van der Waals surface area contributed by atoms with Crippen molar-refractivity contribution in [3.63, 3.8) is 0 Å². The summed E-state index contributed by atoms with van der Waals surface area (Å²) in [6.45, 7) is 5.05. The second-order valence-corrected chi connectivity index (χ2v) is 8.02. The van der Waals surface area contributed by atoms with E-state index in [0.717, 1.165) is 36.5 Å². The van der Waals surface area contributed by atoms with Gasteiger partial charge in [-0.2, -0.15) is 0 Å². The number of nitrogens with one attached hydrogen (secondary N) is 1. The van der Waals surface area contributed by atoms with Crippen LogP contribution in [-0.2, 0) is 24.2 Å². The Morgan fingerprint density at radius 3 is 3.00 bits per heavy atom. The van der Waals surface area contributed by atoms with Gasteiger partial charge in [-0.05, 0) is 36.6 Å². The molecule has 1 N–H and O–H groups in total. The molecule has 1 aliphatic rings. The Labute approximate surface area is 157 Å². The second-order valence-electron chi connectivity index (χ2n) is 6.91. The van der Waals surface area contributed by atoms with Crippen molar-refractivity contribution >= 4 is 27.5 Å². The zero-order valence-corrected chi connectivity index (χ0v) is 15.8. The summed E-state index contributed by atoms with van der Waals surface area (Å²) in [7, 11) is 0. The third-order valence-corrected chi connectivity index (χ3v) is 5.92. The first kappa shape index (κ1) is 17.2. The third-order valence-electron chi connectivity index (χ3n) is 4.82. The molecule has 0 saturated heterocycles. The van der Waals surface area contributed by atoms with E-state index in [9.17, 15) is 4.79 Å². The van der Waals surface area contributed by atoms with E-state index in [1.807, 2.05) is 18.2 Å². The number of thiazole rings is 1. The van der Waals surface area contributed by atoms with E-state index in [2.05, 4.69) is 46.4 Å². The van der Waals surface area contributed by atoms with Gasteiger partial charge in [-0.15, -0.1) is 11.3 Å². The number of amides is 1. The van der Waals surface area contributed by atoms with Crippen LogP contribution < -0.4 is 5.32 Å². The predicted molar refractivity (Wildman–Crippen MR) is 106 cm³/mol. The molecule has 5 heteroatoms. The van der Waals surface area contributed by atoms with Gasteiger partial charge < -0.3 is 5.32 Å². The number of aromatic nitrogens is 1. The normalized spacial score (nSPS) is 14.3. The highest BCUT2D eigenvalue weighted by molar-refractivity contribution is 7.18. The van der Waals surface area contributed by atoms with E-state index in [1.54, 1.807) is 11.3 Å². The topological polar surface area (TPSA) is 45.2 Å². The molecule has 134 valence electrons. The molecule has 1 amide bonds. The fourth-order valence-corrected chi connectivity index (χ4v) is 4.44. The molecule has 1 aliphatic heterocycles. The Balaban J connectivity index is 1.26. The molecule has 2 aromatic carbocycles. The number of para-hydroxylation sites is 1. The number of carbonyl (C=O) groups is 1. The summed E-state index contributed by atoms with van der Waals surface area (Å²) in [4.78, 5) is 19.1. The highest BCUT2D eigenvalue weighted by Gasteiger charge is 2.18. The summed E-state index contributed by atoms with van der Waals surface area (Å²) in [5, 5.41) is 4.12. The van der Waals surface area contributed by atoms with E-state index in [1.165, 1.54) is 21.4 Å². The maximum Gasteiger partial charge on any atom is 0.234 e. The van der Waals surface area contributed by atoms with E-state index in [4.69, 9.17) is 0 Å². The molecule has 0 unspecified atom stereocenters. The maximum absolute atomic E-state index is 12.3. The van der Waals surface area contributed by atoms with Gasteiger partial charge in [0.2, 0.25) is 5.91 Å². The monoisotopic (exact) mass is 365 g/mol. The van der Waals surface area contributed by atoms with Crippen molar-refractivity contribution in [3.05, 3.63) is 64.2 Å². The van der Waals surface area contributed by atoms with Crippen LogP contribution in [0.4, 0.5) is 0 Å². The van der Waals surface area contributed by atoms with Gasteiger partial charge in [-0.1, -0.05) is 35.9 Å². The van der Waals surface area contributed by atoms with Gasteiger partial charge in [0.05, 0.1) is 21.8 Å². The highest BCUT2D eigenvalue weighted by Crippen LogP contribution is 2.22. The van der Waals surface area contributed by atoms with E-state index in [-0.39, 0.29) is 5.91 Å². The smallest absolute Gasteiger partial charge is 0.234 e. The van der Waals surface area contributed by atoms with E-state index in [0.29, 0.717) is 13.1 Å². The van der Waals surface area contributed by atoms with Crippen molar-refractivity contribution in [1.29, 1.82) is 0 Å². The minimum atomic E-state index is 0.0988. The lowest BCUT2D eigenvalue weighted by Crippen LogP contribution is -2.40. The first-order valence-corrected chi connectivity index (χ1v) is 9.91. The molecule has 0 saturated carbocycles. The van der Waals surface area contributed by atoms with Crippen LogP contribution in [0.15, 0.2) is 42.5 Å². The lowest BCUT2D eigenvalue weighted by molar-refractivity contribution is -0.122. The zero-order valence-electron chi connectivity index (χ0n) is 15.0. The number of benzene rings is 2. The van der Waals surface area contributed by atoms with E-state index < -0.39 is 0 Å². The summed E-state index contributed by atoms with van der Waals surface area (Å²) < 4.78 is 1.20. The van der Waals surface area contributed by atoms with Crippen molar-refractivity contribution < 1.29 is 4.79 Å². The van der Waals surface area contributed by atoms with Crippen LogP contribution in [0.2, 0.25) is 0 Å². The number of rotatable bonds is 5. The lowest BCUT2D eigenvalue weighted by Gasteiger charge is -2.28. The molecule has 4 rings (SSSR count).